The number of ketones is 1. The largest absolute Gasteiger partial charge is 0.507 e. The predicted octanol–water partition coefficient (Wildman–Crippen LogP) is 1.87. The molecule has 0 aromatic heterocycles. The standard InChI is InChI=1S/C13H13FO5/c1-3-19-13(17)11(16)7-10(15)8-4-5-12(18-2)9(14)6-8/h4-7,15H,3H2,1-2H3/b10-7-. The Kier molecular flexibility index (Phi) is 5.05. The van der Waals surface area contributed by atoms with E-state index in [9.17, 15) is 19.1 Å². The van der Waals surface area contributed by atoms with Gasteiger partial charge in [0.1, 0.15) is 5.76 Å². The maximum atomic E-state index is 13.4. The maximum absolute atomic E-state index is 13.4. The van der Waals surface area contributed by atoms with Crippen molar-refractivity contribution in [3.05, 3.63) is 35.7 Å². The zero-order chi connectivity index (χ0) is 14.4. The number of rotatable bonds is 5. The van der Waals surface area contributed by atoms with Crippen molar-refractivity contribution in [2.75, 3.05) is 13.7 Å². The number of aliphatic hydroxyl groups excluding tert-OH is 1. The second-order valence-electron chi connectivity index (χ2n) is 3.46. The van der Waals surface area contributed by atoms with Crippen LogP contribution in [0, 0.1) is 5.82 Å². The first kappa shape index (κ1) is 14.7. The summed E-state index contributed by atoms with van der Waals surface area (Å²) in [6.45, 7) is 1.60. The van der Waals surface area contributed by atoms with E-state index in [0.29, 0.717) is 6.08 Å². The Morgan fingerprint density at radius 3 is 2.63 bits per heavy atom. The van der Waals surface area contributed by atoms with Gasteiger partial charge in [-0.15, -0.1) is 0 Å². The average molecular weight is 268 g/mol. The smallest absolute Gasteiger partial charge is 0.379 e. The first-order valence-electron chi connectivity index (χ1n) is 5.45. The topological polar surface area (TPSA) is 72.8 Å². The zero-order valence-electron chi connectivity index (χ0n) is 10.5. The number of carbonyl (C=O) groups excluding carboxylic acids is 2. The number of benzene rings is 1. The van der Waals surface area contributed by atoms with Crippen molar-refractivity contribution in [3.63, 3.8) is 0 Å². The van der Waals surface area contributed by atoms with Gasteiger partial charge >= 0.3 is 5.97 Å². The Balaban J connectivity index is 2.93. The van der Waals surface area contributed by atoms with Gasteiger partial charge in [0.15, 0.2) is 11.6 Å². The Hall–Kier alpha value is -2.37. The molecule has 0 spiro atoms. The van der Waals surface area contributed by atoms with E-state index in [1.807, 2.05) is 0 Å². The lowest BCUT2D eigenvalue weighted by atomic mass is 10.1. The number of hydrogen-bond donors (Lipinski definition) is 1. The quantitative estimate of drug-likeness (QED) is 0.382. The second-order valence-corrected chi connectivity index (χ2v) is 3.46. The molecule has 6 heteroatoms. The summed E-state index contributed by atoms with van der Waals surface area (Å²) >= 11 is 0. The molecule has 1 rings (SSSR count). The lowest BCUT2D eigenvalue weighted by molar-refractivity contribution is -0.151. The van der Waals surface area contributed by atoms with Crippen molar-refractivity contribution < 1.29 is 28.6 Å². The molecule has 1 aromatic carbocycles. The van der Waals surface area contributed by atoms with Gasteiger partial charge in [0.2, 0.25) is 0 Å². The van der Waals surface area contributed by atoms with Gasteiger partial charge in [-0.3, -0.25) is 4.79 Å². The van der Waals surface area contributed by atoms with E-state index >= 15 is 0 Å². The highest BCUT2D eigenvalue weighted by atomic mass is 19.1. The molecule has 0 radical (unpaired) electrons. The molecule has 0 unspecified atom stereocenters. The van der Waals surface area contributed by atoms with Crippen LogP contribution in [0.2, 0.25) is 0 Å². The Bertz CT molecular complexity index is 522. The molecular formula is C13H13FO5. The van der Waals surface area contributed by atoms with Gasteiger partial charge in [0.05, 0.1) is 13.7 Å². The van der Waals surface area contributed by atoms with Gasteiger partial charge in [-0.05, 0) is 25.1 Å². The molecule has 0 heterocycles. The molecule has 0 atom stereocenters. The molecule has 102 valence electrons. The number of hydrogen-bond acceptors (Lipinski definition) is 5. The molecule has 0 aliphatic carbocycles. The van der Waals surface area contributed by atoms with E-state index in [-0.39, 0.29) is 17.9 Å². The zero-order valence-corrected chi connectivity index (χ0v) is 10.5. The van der Waals surface area contributed by atoms with Gasteiger partial charge in [0.25, 0.3) is 5.78 Å². The fourth-order valence-electron chi connectivity index (χ4n) is 1.29. The fraction of sp³-hybridized carbons (Fsp3) is 0.231. The highest BCUT2D eigenvalue weighted by Crippen LogP contribution is 2.21. The number of ether oxygens (including phenoxy) is 2. The molecule has 0 amide bonds. The van der Waals surface area contributed by atoms with E-state index in [0.717, 1.165) is 6.07 Å². The SMILES string of the molecule is CCOC(=O)C(=O)/C=C(\O)c1ccc(OC)c(F)c1. The summed E-state index contributed by atoms with van der Waals surface area (Å²) in [4.78, 5) is 22.4. The number of carbonyl (C=O) groups is 2. The van der Waals surface area contributed by atoms with Gasteiger partial charge < -0.3 is 14.6 Å². The highest BCUT2D eigenvalue weighted by Gasteiger charge is 2.14. The molecule has 0 fully saturated rings. The van der Waals surface area contributed by atoms with Crippen molar-refractivity contribution in [1.29, 1.82) is 0 Å². The summed E-state index contributed by atoms with van der Waals surface area (Å²) < 4.78 is 22.6. The monoisotopic (exact) mass is 268 g/mol. The molecule has 0 saturated carbocycles. The minimum absolute atomic E-state index is 0.00766. The fourth-order valence-corrected chi connectivity index (χ4v) is 1.29. The van der Waals surface area contributed by atoms with Crippen LogP contribution >= 0.6 is 0 Å². The molecule has 0 bridgehead atoms. The number of aliphatic hydroxyl groups is 1. The van der Waals surface area contributed by atoms with E-state index in [1.165, 1.54) is 19.2 Å². The molecule has 1 aromatic rings. The van der Waals surface area contributed by atoms with Crippen molar-refractivity contribution in [3.8, 4) is 5.75 Å². The maximum Gasteiger partial charge on any atom is 0.379 e. The van der Waals surface area contributed by atoms with Crippen molar-refractivity contribution in [1.82, 2.24) is 0 Å². The lowest BCUT2D eigenvalue weighted by Crippen LogP contribution is -2.15. The lowest BCUT2D eigenvalue weighted by Gasteiger charge is -2.04. The predicted molar refractivity (Wildman–Crippen MR) is 65.2 cm³/mol. The van der Waals surface area contributed by atoms with Gasteiger partial charge in [-0.25, -0.2) is 9.18 Å². The third-order valence-electron chi connectivity index (χ3n) is 2.19. The number of esters is 1. The first-order valence-corrected chi connectivity index (χ1v) is 5.45. The van der Waals surface area contributed by atoms with Crippen LogP contribution in [0.4, 0.5) is 4.39 Å². The third-order valence-corrected chi connectivity index (χ3v) is 2.19. The normalized spacial score (nSPS) is 11.0. The van der Waals surface area contributed by atoms with E-state index < -0.39 is 23.3 Å². The van der Waals surface area contributed by atoms with Gasteiger partial charge in [0, 0.05) is 11.6 Å². The van der Waals surface area contributed by atoms with Crippen molar-refractivity contribution in [2.24, 2.45) is 0 Å². The van der Waals surface area contributed by atoms with Crippen LogP contribution < -0.4 is 4.74 Å². The first-order chi connectivity index (χ1) is 8.99. The minimum Gasteiger partial charge on any atom is -0.507 e. The third kappa shape index (κ3) is 3.80. The Morgan fingerprint density at radius 2 is 2.11 bits per heavy atom. The molecule has 0 saturated heterocycles. The number of halogens is 1. The van der Waals surface area contributed by atoms with Crippen molar-refractivity contribution in [2.45, 2.75) is 6.92 Å². The van der Waals surface area contributed by atoms with Crippen molar-refractivity contribution >= 4 is 17.5 Å². The summed E-state index contributed by atoms with van der Waals surface area (Å²) in [6.07, 6.45) is 0.680. The number of methoxy groups -OCH3 is 1. The van der Waals surface area contributed by atoms with E-state index in [1.54, 1.807) is 6.92 Å². The molecular weight excluding hydrogens is 255 g/mol. The van der Waals surface area contributed by atoms with Crippen LogP contribution in [0.1, 0.15) is 12.5 Å². The molecule has 0 aliphatic rings. The van der Waals surface area contributed by atoms with E-state index in [2.05, 4.69) is 4.74 Å². The molecule has 5 nitrogen and oxygen atoms in total. The molecule has 0 aliphatic heterocycles. The van der Waals surface area contributed by atoms with Crippen LogP contribution in [0.25, 0.3) is 5.76 Å². The van der Waals surface area contributed by atoms with Crippen LogP contribution in [0.5, 0.6) is 5.75 Å². The summed E-state index contributed by atoms with van der Waals surface area (Å²) in [5.41, 5.74) is 0.0518. The van der Waals surface area contributed by atoms with Gasteiger partial charge in [-0.2, -0.15) is 0 Å². The summed E-state index contributed by atoms with van der Waals surface area (Å²) in [7, 11) is 1.30. The van der Waals surface area contributed by atoms with Crippen LogP contribution in [-0.4, -0.2) is 30.6 Å². The van der Waals surface area contributed by atoms with Crippen LogP contribution in [0.3, 0.4) is 0 Å². The highest BCUT2D eigenvalue weighted by molar-refractivity contribution is 6.39. The summed E-state index contributed by atoms with van der Waals surface area (Å²) in [5, 5.41) is 9.62. The second kappa shape index (κ2) is 6.53. The summed E-state index contributed by atoms with van der Waals surface area (Å²) in [6, 6.07) is 3.64. The average Bonchev–Trinajstić information content (AvgIpc) is 2.38. The molecule has 19 heavy (non-hydrogen) atoms. The Labute approximate surface area is 109 Å². The summed E-state index contributed by atoms with van der Waals surface area (Å²) in [5.74, 6) is -3.31. The van der Waals surface area contributed by atoms with Crippen LogP contribution in [-0.2, 0) is 14.3 Å². The van der Waals surface area contributed by atoms with Gasteiger partial charge in [-0.1, -0.05) is 0 Å². The molecule has 1 N–H and O–H groups in total. The van der Waals surface area contributed by atoms with Crippen LogP contribution in [0.15, 0.2) is 24.3 Å². The minimum atomic E-state index is -1.08. The Morgan fingerprint density at radius 1 is 1.42 bits per heavy atom. The van der Waals surface area contributed by atoms with E-state index in [4.69, 9.17) is 4.74 Å².